The van der Waals surface area contributed by atoms with Crippen LogP contribution in [0.15, 0.2) is 12.1 Å². The van der Waals surface area contributed by atoms with Crippen molar-refractivity contribution < 1.29 is 9.59 Å². The molecular formula is C16H21N3O2. The third-order valence-corrected chi connectivity index (χ3v) is 4.39. The van der Waals surface area contributed by atoms with Crippen molar-refractivity contribution in [2.45, 2.75) is 13.8 Å². The molecule has 1 fully saturated rings. The van der Waals surface area contributed by atoms with Crippen LogP contribution in [0.1, 0.15) is 31.8 Å². The summed E-state index contributed by atoms with van der Waals surface area (Å²) < 4.78 is 0. The number of fused-ring (bicyclic) bond motifs is 1. The molecule has 2 amide bonds. The Hall–Kier alpha value is -1.72. The second-order valence-electron chi connectivity index (χ2n) is 5.80. The fourth-order valence-electron chi connectivity index (χ4n) is 3.10. The van der Waals surface area contributed by atoms with E-state index in [9.17, 15) is 9.59 Å². The predicted molar refractivity (Wildman–Crippen MR) is 80.6 cm³/mol. The summed E-state index contributed by atoms with van der Waals surface area (Å²) in [5.41, 5.74) is 2.97. The molecule has 0 spiro atoms. The minimum absolute atomic E-state index is 0.133. The normalized spacial score (nSPS) is 19.2. The van der Waals surface area contributed by atoms with Gasteiger partial charge in [0.2, 0.25) is 0 Å². The maximum atomic E-state index is 12.5. The van der Waals surface area contributed by atoms with E-state index in [1.165, 1.54) is 4.90 Å². The number of amides is 2. The largest absolute Gasteiger partial charge is 0.314 e. The third kappa shape index (κ3) is 2.47. The molecule has 0 aromatic heterocycles. The summed E-state index contributed by atoms with van der Waals surface area (Å²) in [5, 5.41) is 3.30. The maximum Gasteiger partial charge on any atom is 0.261 e. The van der Waals surface area contributed by atoms with Crippen LogP contribution in [0.3, 0.4) is 0 Å². The molecule has 21 heavy (non-hydrogen) atoms. The molecule has 1 aromatic carbocycles. The summed E-state index contributed by atoms with van der Waals surface area (Å²) in [7, 11) is 0. The van der Waals surface area contributed by atoms with Crippen LogP contribution in [-0.2, 0) is 0 Å². The number of piperazine rings is 1. The van der Waals surface area contributed by atoms with Crippen molar-refractivity contribution in [1.82, 2.24) is 15.1 Å². The number of imide groups is 1. The molecule has 0 radical (unpaired) electrons. The second kappa shape index (κ2) is 5.58. The molecule has 1 saturated heterocycles. The summed E-state index contributed by atoms with van der Waals surface area (Å²) in [6.45, 7) is 8.91. The molecule has 2 aliphatic heterocycles. The van der Waals surface area contributed by atoms with Crippen LogP contribution in [-0.4, -0.2) is 60.9 Å². The zero-order valence-electron chi connectivity index (χ0n) is 12.6. The minimum Gasteiger partial charge on any atom is -0.314 e. The Labute approximate surface area is 124 Å². The van der Waals surface area contributed by atoms with Gasteiger partial charge in [0, 0.05) is 39.3 Å². The number of carbonyl (C=O) groups is 2. The number of hydrogen-bond acceptors (Lipinski definition) is 4. The van der Waals surface area contributed by atoms with Crippen LogP contribution in [0.25, 0.3) is 0 Å². The van der Waals surface area contributed by atoms with Gasteiger partial charge in [-0.05, 0) is 25.0 Å². The van der Waals surface area contributed by atoms with Crippen molar-refractivity contribution >= 4 is 11.8 Å². The lowest BCUT2D eigenvalue weighted by Crippen LogP contribution is -2.47. The molecule has 1 N–H and O–H groups in total. The van der Waals surface area contributed by atoms with Crippen molar-refractivity contribution in [2.75, 3.05) is 39.3 Å². The summed E-state index contributed by atoms with van der Waals surface area (Å²) in [5.74, 6) is -0.266. The molecule has 2 aliphatic rings. The van der Waals surface area contributed by atoms with Crippen LogP contribution >= 0.6 is 0 Å². The van der Waals surface area contributed by atoms with E-state index >= 15 is 0 Å². The van der Waals surface area contributed by atoms with Gasteiger partial charge in [0.1, 0.15) is 0 Å². The lowest BCUT2D eigenvalue weighted by molar-refractivity contribution is 0.0633. The molecule has 1 aromatic rings. The summed E-state index contributed by atoms with van der Waals surface area (Å²) >= 11 is 0. The van der Waals surface area contributed by atoms with E-state index in [-0.39, 0.29) is 11.8 Å². The highest BCUT2D eigenvalue weighted by Crippen LogP contribution is 2.28. The Morgan fingerprint density at radius 3 is 2.00 bits per heavy atom. The average Bonchev–Trinajstić information content (AvgIpc) is 2.75. The van der Waals surface area contributed by atoms with Crippen molar-refractivity contribution in [1.29, 1.82) is 0 Å². The van der Waals surface area contributed by atoms with E-state index in [2.05, 4.69) is 10.2 Å². The summed E-state index contributed by atoms with van der Waals surface area (Å²) in [6, 6.07) is 3.83. The van der Waals surface area contributed by atoms with E-state index in [4.69, 9.17) is 0 Å². The molecule has 112 valence electrons. The summed E-state index contributed by atoms with van der Waals surface area (Å²) in [6.07, 6.45) is 0. The van der Waals surface area contributed by atoms with Crippen LogP contribution in [0.5, 0.6) is 0 Å². The van der Waals surface area contributed by atoms with E-state index in [0.29, 0.717) is 17.7 Å². The molecular weight excluding hydrogens is 266 g/mol. The summed E-state index contributed by atoms with van der Waals surface area (Å²) in [4.78, 5) is 28.8. The maximum absolute atomic E-state index is 12.5. The van der Waals surface area contributed by atoms with Crippen LogP contribution in [0.2, 0.25) is 0 Å². The number of benzene rings is 1. The highest BCUT2D eigenvalue weighted by molar-refractivity contribution is 6.22. The molecule has 0 atom stereocenters. The Morgan fingerprint density at radius 2 is 1.48 bits per heavy atom. The van der Waals surface area contributed by atoms with Gasteiger partial charge in [-0.2, -0.15) is 0 Å². The quantitative estimate of drug-likeness (QED) is 0.836. The zero-order chi connectivity index (χ0) is 15.0. The first-order valence-electron chi connectivity index (χ1n) is 7.49. The molecule has 5 heteroatoms. The Kier molecular flexibility index (Phi) is 3.78. The third-order valence-electron chi connectivity index (χ3n) is 4.39. The van der Waals surface area contributed by atoms with Gasteiger partial charge in [-0.25, -0.2) is 0 Å². The highest BCUT2D eigenvalue weighted by atomic mass is 16.2. The van der Waals surface area contributed by atoms with Crippen LogP contribution in [0.4, 0.5) is 0 Å². The molecule has 0 saturated carbocycles. The highest BCUT2D eigenvalue weighted by Gasteiger charge is 2.37. The van der Waals surface area contributed by atoms with Gasteiger partial charge in [-0.15, -0.1) is 0 Å². The number of nitrogens with one attached hydrogen (secondary N) is 1. The first-order valence-corrected chi connectivity index (χ1v) is 7.49. The van der Waals surface area contributed by atoms with E-state index in [1.54, 1.807) is 0 Å². The Balaban J connectivity index is 1.77. The first-order chi connectivity index (χ1) is 10.1. The molecule has 0 unspecified atom stereocenters. The van der Waals surface area contributed by atoms with E-state index < -0.39 is 0 Å². The number of nitrogens with zero attached hydrogens (tertiary/aromatic N) is 2. The molecule has 5 nitrogen and oxygen atoms in total. The minimum atomic E-state index is -0.133. The van der Waals surface area contributed by atoms with Gasteiger partial charge in [0.15, 0.2) is 0 Å². The van der Waals surface area contributed by atoms with Gasteiger partial charge in [-0.1, -0.05) is 12.1 Å². The van der Waals surface area contributed by atoms with Gasteiger partial charge in [-0.3, -0.25) is 19.4 Å². The Morgan fingerprint density at radius 1 is 0.952 bits per heavy atom. The lowest BCUT2D eigenvalue weighted by Gasteiger charge is -2.28. The fraction of sp³-hybridized carbons (Fsp3) is 0.500. The standard InChI is InChI=1S/C16H21N3O2/c1-11-3-4-12(2)14-13(11)15(20)19(16(14)21)10-9-18-7-5-17-6-8-18/h3-4,17H,5-10H2,1-2H3. The first kappa shape index (κ1) is 14.2. The predicted octanol–water partition coefficient (Wildman–Crippen LogP) is 0.805. The fourth-order valence-corrected chi connectivity index (χ4v) is 3.10. The van der Waals surface area contributed by atoms with Crippen LogP contribution in [0, 0.1) is 13.8 Å². The van der Waals surface area contributed by atoms with Crippen molar-refractivity contribution in [3.8, 4) is 0 Å². The number of hydrogen-bond donors (Lipinski definition) is 1. The topological polar surface area (TPSA) is 52.7 Å². The molecule has 2 heterocycles. The smallest absolute Gasteiger partial charge is 0.261 e. The number of rotatable bonds is 3. The lowest BCUT2D eigenvalue weighted by atomic mass is 9.99. The second-order valence-corrected chi connectivity index (χ2v) is 5.80. The molecule has 0 bridgehead atoms. The monoisotopic (exact) mass is 287 g/mol. The van der Waals surface area contributed by atoms with Crippen molar-refractivity contribution in [3.05, 3.63) is 34.4 Å². The average molecular weight is 287 g/mol. The molecule has 3 rings (SSSR count). The van der Waals surface area contributed by atoms with E-state index in [1.807, 2.05) is 26.0 Å². The number of carbonyl (C=O) groups excluding carboxylic acids is 2. The van der Waals surface area contributed by atoms with Gasteiger partial charge in [0.05, 0.1) is 11.1 Å². The van der Waals surface area contributed by atoms with E-state index in [0.717, 1.165) is 43.9 Å². The van der Waals surface area contributed by atoms with Gasteiger partial charge < -0.3 is 5.32 Å². The number of aryl methyl sites for hydroxylation is 2. The van der Waals surface area contributed by atoms with Crippen molar-refractivity contribution in [3.63, 3.8) is 0 Å². The zero-order valence-corrected chi connectivity index (χ0v) is 12.6. The van der Waals surface area contributed by atoms with Crippen LogP contribution < -0.4 is 5.32 Å². The van der Waals surface area contributed by atoms with Crippen molar-refractivity contribution in [2.24, 2.45) is 0 Å². The van der Waals surface area contributed by atoms with Gasteiger partial charge >= 0.3 is 0 Å². The Bertz CT molecular complexity index is 550. The SMILES string of the molecule is Cc1ccc(C)c2c1C(=O)N(CCN1CCNCC1)C2=O. The molecule has 0 aliphatic carbocycles. The van der Waals surface area contributed by atoms with Gasteiger partial charge in [0.25, 0.3) is 11.8 Å².